The molecule has 0 saturated carbocycles. The average Bonchev–Trinajstić information content (AvgIpc) is 2.15. The minimum atomic E-state index is -0.217. The van der Waals surface area contributed by atoms with Crippen molar-refractivity contribution in [1.29, 1.82) is 0 Å². The molecule has 1 fully saturated rings. The van der Waals surface area contributed by atoms with Crippen LogP contribution in [0, 0.1) is 5.92 Å². The van der Waals surface area contributed by atoms with Gasteiger partial charge in [-0.25, -0.2) is 0 Å². The number of nitrogens with one attached hydrogen (secondary N) is 2. The number of rotatable bonds is 2. The second-order valence-corrected chi connectivity index (χ2v) is 2.30. The molecule has 1 aliphatic rings. The first-order chi connectivity index (χ1) is 4.29. The van der Waals surface area contributed by atoms with Gasteiger partial charge < -0.3 is 5.73 Å². The summed E-state index contributed by atoms with van der Waals surface area (Å²) in [7, 11) is 0. The van der Waals surface area contributed by atoms with Crippen molar-refractivity contribution in [3.05, 3.63) is 0 Å². The SMILES string of the molecule is Cl.NC(=O)CC1CNNC1. The summed E-state index contributed by atoms with van der Waals surface area (Å²) in [6.45, 7) is 1.70. The first kappa shape index (κ1) is 9.68. The van der Waals surface area contributed by atoms with Gasteiger partial charge in [-0.1, -0.05) is 0 Å². The zero-order chi connectivity index (χ0) is 6.69. The molecule has 1 amide bonds. The Kier molecular flexibility index (Phi) is 4.34. The van der Waals surface area contributed by atoms with E-state index < -0.39 is 0 Å². The predicted octanol–water partition coefficient (Wildman–Crippen LogP) is -0.992. The van der Waals surface area contributed by atoms with E-state index in [1.807, 2.05) is 0 Å². The van der Waals surface area contributed by atoms with Crippen LogP contribution in [0.4, 0.5) is 0 Å². The maximum Gasteiger partial charge on any atom is 0.217 e. The summed E-state index contributed by atoms with van der Waals surface area (Å²) in [6.07, 6.45) is 0.486. The Bertz CT molecular complexity index is 113. The zero-order valence-corrected chi connectivity index (χ0v) is 6.41. The van der Waals surface area contributed by atoms with Crippen LogP contribution >= 0.6 is 12.4 Å². The topological polar surface area (TPSA) is 67.2 Å². The minimum absolute atomic E-state index is 0. The van der Waals surface area contributed by atoms with Gasteiger partial charge >= 0.3 is 0 Å². The smallest absolute Gasteiger partial charge is 0.217 e. The lowest BCUT2D eigenvalue weighted by Gasteiger charge is -2.00. The van der Waals surface area contributed by atoms with Crippen LogP contribution in [0.15, 0.2) is 0 Å². The van der Waals surface area contributed by atoms with Crippen LogP contribution in [-0.2, 0) is 4.79 Å². The van der Waals surface area contributed by atoms with E-state index in [1.54, 1.807) is 0 Å². The molecule has 0 aromatic rings. The van der Waals surface area contributed by atoms with E-state index in [2.05, 4.69) is 10.9 Å². The minimum Gasteiger partial charge on any atom is -0.370 e. The Hall–Kier alpha value is -0.320. The fraction of sp³-hybridized carbons (Fsp3) is 0.800. The number of primary amides is 1. The monoisotopic (exact) mass is 165 g/mol. The van der Waals surface area contributed by atoms with Crippen molar-refractivity contribution in [2.45, 2.75) is 6.42 Å². The van der Waals surface area contributed by atoms with Crippen LogP contribution in [0.2, 0.25) is 0 Å². The van der Waals surface area contributed by atoms with Crippen LogP contribution in [0.25, 0.3) is 0 Å². The van der Waals surface area contributed by atoms with E-state index in [4.69, 9.17) is 5.73 Å². The van der Waals surface area contributed by atoms with Crippen molar-refractivity contribution in [1.82, 2.24) is 10.9 Å². The quantitative estimate of drug-likeness (QED) is 0.492. The second kappa shape index (κ2) is 4.49. The van der Waals surface area contributed by atoms with Crippen molar-refractivity contribution in [3.8, 4) is 0 Å². The summed E-state index contributed by atoms with van der Waals surface area (Å²) in [4.78, 5) is 10.3. The van der Waals surface area contributed by atoms with Gasteiger partial charge in [0.1, 0.15) is 0 Å². The van der Waals surface area contributed by atoms with Gasteiger partial charge in [-0.2, -0.15) is 0 Å². The maximum atomic E-state index is 10.3. The molecule has 4 N–H and O–H groups in total. The zero-order valence-electron chi connectivity index (χ0n) is 5.59. The number of hydrazine groups is 1. The van der Waals surface area contributed by atoms with Crippen molar-refractivity contribution in [2.75, 3.05) is 13.1 Å². The fourth-order valence-electron chi connectivity index (χ4n) is 0.934. The van der Waals surface area contributed by atoms with Gasteiger partial charge in [0.15, 0.2) is 0 Å². The summed E-state index contributed by atoms with van der Waals surface area (Å²) in [5.74, 6) is 0.174. The molecule has 1 aliphatic heterocycles. The summed E-state index contributed by atoms with van der Waals surface area (Å²) >= 11 is 0. The molecule has 1 saturated heterocycles. The van der Waals surface area contributed by atoms with Crippen molar-refractivity contribution >= 4 is 18.3 Å². The molecule has 1 rings (SSSR count). The lowest BCUT2D eigenvalue weighted by molar-refractivity contribution is -0.118. The Labute approximate surface area is 65.9 Å². The molecule has 0 atom stereocenters. The van der Waals surface area contributed by atoms with Gasteiger partial charge in [0.25, 0.3) is 0 Å². The lowest BCUT2D eigenvalue weighted by Crippen LogP contribution is -2.21. The highest BCUT2D eigenvalue weighted by atomic mass is 35.5. The van der Waals surface area contributed by atoms with Gasteiger partial charge in [-0.15, -0.1) is 12.4 Å². The molecule has 0 unspecified atom stereocenters. The fourth-order valence-corrected chi connectivity index (χ4v) is 0.934. The number of carbonyl (C=O) groups is 1. The lowest BCUT2D eigenvalue weighted by atomic mass is 10.1. The third kappa shape index (κ3) is 3.00. The molecule has 0 radical (unpaired) electrons. The van der Waals surface area contributed by atoms with E-state index in [0.717, 1.165) is 13.1 Å². The van der Waals surface area contributed by atoms with E-state index >= 15 is 0 Å². The van der Waals surface area contributed by atoms with Gasteiger partial charge in [-0.05, 0) is 5.92 Å². The largest absolute Gasteiger partial charge is 0.370 e. The van der Waals surface area contributed by atoms with Crippen LogP contribution in [0.3, 0.4) is 0 Å². The van der Waals surface area contributed by atoms with Crippen molar-refractivity contribution in [3.63, 3.8) is 0 Å². The number of halogens is 1. The maximum absolute atomic E-state index is 10.3. The van der Waals surface area contributed by atoms with Crippen molar-refractivity contribution in [2.24, 2.45) is 11.7 Å². The first-order valence-corrected chi connectivity index (χ1v) is 3.03. The van der Waals surface area contributed by atoms with E-state index in [1.165, 1.54) is 0 Å². The molecule has 60 valence electrons. The normalized spacial score (nSPS) is 18.4. The average molecular weight is 166 g/mol. The number of amides is 1. The van der Waals surface area contributed by atoms with Crippen LogP contribution in [-0.4, -0.2) is 19.0 Å². The van der Waals surface area contributed by atoms with Crippen LogP contribution in [0.5, 0.6) is 0 Å². The number of carbonyl (C=O) groups excluding carboxylic acids is 1. The molecule has 0 aromatic heterocycles. The highest BCUT2D eigenvalue weighted by molar-refractivity contribution is 5.85. The Balaban J connectivity index is 0.000000810. The van der Waals surface area contributed by atoms with E-state index in [9.17, 15) is 4.79 Å². The second-order valence-electron chi connectivity index (χ2n) is 2.30. The Morgan fingerprint density at radius 3 is 2.40 bits per heavy atom. The number of hydrogen-bond donors (Lipinski definition) is 3. The predicted molar refractivity (Wildman–Crippen MR) is 40.6 cm³/mol. The third-order valence-electron chi connectivity index (χ3n) is 1.40. The molecule has 1 heterocycles. The molecule has 0 bridgehead atoms. The van der Waals surface area contributed by atoms with Gasteiger partial charge in [0.05, 0.1) is 0 Å². The summed E-state index contributed by atoms with van der Waals surface area (Å²) < 4.78 is 0. The molecule has 0 spiro atoms. The van der Waals surface area contributed by atoms with E-state index in [-0.39, 0.29) is 18.3 Å². The molecule has 5 heteroatoms. The van der Waals surface area contributed by atoms with E-state index in [0.29, 0.717) is 12.3 Å². The number of nitrogens with two attached hydrogens (primary N) is 1. The van der Waals surface area contributed by atoms with Crippen molar-refractivity contribution < 1.29 is 4.79 Å². The number of hydrogen-bond acceptors (Lipinski definition) is 3. The molecule has 10 heavy (non-hydrogen) atoms. The highest BCUT2D eigenvalue weighted by Crippen LogP contribution is 2.01. The summed E-state index contributed by atoms with van der Waals surface area (Å²) in [6, 6.07) is 0. The van der Waals surface area contributed by atoms with Crippen LogP contribution in [0.1, 0.15) is 6.42 Å². The molecular weight excluding hydrogens is 154 g/mol. The van der Waals surface area contributed by atoms with Crippen LogP contribution < -0.4 is 16.6 Å². The Morgan fingerprint density at radius 2 is 2.00 bits per heavy atom. The molecule has 0 aliphatic carbocycles. The molecular formula is C5H12ClN3O. The third-order valence-corrected chi connectivity index (χ3v) is 1.40. The van der Waals surface area contributed by atoms with Gasteiger partial charge in [0.2, 0.25) is 5.91 Å². The standard InChI is InChI=1S/C5H11N3O.ClH/c6-5(9)1-4-2-7-8-3-4;/h4,7-8H,1-3H2,(H2,6,9);1H. The van der Waals surface area contributed by atoms with Gasteiger partial charge in [-0.3, -0.25) is 15.6 Å². The summed E-state index contributed by atoms with van der Waals surface area (Å²) in [5.41, 5.74) is 10.8. The molecule has 4 nitrogen and oxygen atoms in total. The summed E-state index contributed by atoms with van der Waals surface area (Å²) in [5, 5.41) is 0. The van der Waals surface area contributed by atoms with Gasteiger partial charge in [0, 0.05) is 19.5 Å². The molecule has 0 aromatic carbocycles. The highest BCUT2D eigenvalue weighted by Gasteiger charge is 2.15. The Morgan fingerprint density at radius 1 is 1.50 bits per heavy atom. The first-order valence-electron chi connectivity index (χ1n) is 3.03.